The molecule has 5 nitrogen and oxygen atoms in total. The summed E-state index contributed by atoms with van der Waals surface area (Å²) >= 11 is 15.2. The van der Waals surface area contributed by atoms with Crippen LogP contribution in [0, 0.1) is 0 Å². The van der Waals surface area contributed by atoms with Gasteiger partial charge in [-0.3, -0.25) is 4.79 Å². The van der Waals surface area contributed by atoms with Crippen molar-refractivity contribution in [3.8, 4) is 5.75 Å². The third-order valence-corrected chi connectivity index (χ3v) is 4.78. The van der Waals surface area contributed by atoms with Crippen molar-refractivity contribution in [1.29, 1.82) is 0 Å². The van der Waals surface area contributed by atoms with Crippen LogP contribution in [0.15, 0.2) is 44.7 Å². The Labute approximate surface area is 168 Å². The van der Waals surface area contributed by atoms with Crippen molar-refractivity contribution in [3.05, 3.63) is 66.6 Å². The van der Waals surface area contributed by atoms with Crippen LogP contribution in [0.4, 0.5) is 0 Å². The Morgan fingerprint density at radius 3 is 2.62 bits per heavy atom. The molecule has 0 saturated heterocycles. The number of hydrogen-bond donors (Lipinski definition) is 1. The number of halogens is 3. The standard InChI is InChI=1S/C18H14BrCl2N3O2/c1-2-3-16-23-15-5-4-11(19)8-12(15)18(26)24(16)22-9-10-6-13(20)17(25)14(21)7-10/h4-9,25H,2-3H2,1H3. The molecule has 2 aromatic carbocycles. The molecular weight excluding hydrogens is 441 g/mol. The fourth-order valence-corrected chi connectivity index (χ4v) is 3.35. The van der Waals surface area contributed by atoms with E-state index in [0.29, 0.717) is 28.7 Å². The summed E-state index contributed by atoms with van der Waals surface area (Å²) in [6, 6.07) is 8.40. The quantitative estimate of drug-likeness (QED) is 0.563. The second kappa shape index (κ2) is 7.78. The number of phenols is 1. The number of rotatable bonds is 4. The first-order valence-corrected chi connectivity index (χ1v) is 9.39. The van der Waals surface area contributed by atoms with E-state index >= 15 is 0 Å². The summed E-state index contributed by atoms with van der Waals surface area (Å²) in [5, 5.41) is 14.6. The Balaban J connectivity index is 2.15. The summed E-state index contributed by atoms with van der Waals surface area (Å²) in [7, 11) is 0. The van der Waals surface area contributed by atoms with Gasteiger partial charge in [0, 0.05) is 10.9 Å². The lowest BCUT2D eigenvalue weighted by Gasteiger charge is -2.09. The largest absolute Gasteiger partial charge is 0.505 e. The molecule has 0 fully saturated rings. The maximum Gasteiger partial charge on any atom is 0.282 e. The summed E-state index contributed by atoms with van der Waals surface area (Å²) in [4.78, 5) is 17.4. The molecule has 1 heterocycles. The first-order valence-electron chi connectivity index (χ1n) is 7.84. The predicted octanol–water partition coefficient (Wildman–Crippen LogP) is 5.01. The van der Waals surface area contributed by atoms with Crippen molar-refractivity contribution in [2.75, 3.05) is 0 Å². The highest BCUT2D eigenvalue weighted by molar-refractivity contribution is 9.10. The molecule has 0 amide bonds. The summed E-state index contributed by atoms with van der Waals surface area (Å²) in [5.74, 6) is 0.381. The number of benzene rings is 2. The van der Waals surface area contributed by atoms with Crippen molar-refractivity contribution >= 4 is 56.2 Å². The molecule has 3 aromatic rings. The molecule has 0 unspecified atom stereocenters. The summed E-state index contributed by atoms with van der Waals surface area (Å²) in [6.07, 6.45) is 2.89. The Bertz CT molecular complexity index is 1060. The van der Waals surface area contributed by atoms with Crippen LogP contribution in [0.25, 0.3) is 10.9 Å². The zero-order chi connectivity index (χ0) is 18.8. The average molecular weight is 455 g/mol. The van der Waals surface area contributed by atoms with Gasteiger partial charge in [0.05, 0.1) is 27.2 Å². The first-order chi connectivity index (χ1) is 12.4. The van der Waals surface area contributed by atoms with E-state index in [1.807, 2.05) is 13.0 Å². The molecule has 134 valence electrons. The fraction of sp³-hybridized carbons (Fsp3) is 0.167. The molecule has 0 radical (unpaired) electrons. The van der Waals surface area contributed by atoms with Crippen LogP contribution < -0.4 is 5.56 Å². The molecule has 0 spiro atoms. The number of aromatic nitrogens is 2. The topological polar surface area (TPSA) is 67.5 Å². The molecule has 26 heavy (non-hydrogen) atoms. The van der Waals surface area contributed by atoms with Crippen LogP contribution in [0.5, 0.6) is 5.75 Å². The van der Waals surface area contributed by atoms with Gasteiger partial charge in [-0.15, -0.1) is 0 Å². The molecule has 8 heteroatoms. The minimum atomic E-state index is -0.257. The smallest absolute Gasteiger partial charge is 0.282 e. The van der Waals surface area contributed by atoms with Crippen LogP contribution >= 0.6 is 39.1 Å². The first kappa shape index (κ1) is 18.9. The second-order valence-corrected chi connectivity index (χ2v) is 7.36. The predicted molar refractivity (Wildman–Crippen MR) is 109 cm³/mol. The molecule has 0 aliphatic rings. The molecule has 0 aliphatic carbocycles. The van der Waals surface area contributed by atoms with E-state index in [4.69, 9.17) is 23.2 Å². The molecular formula is C18H14BrCl2N3O2. The summed E-state index contributed by atoms with van der Waals surface area (Å²) < 4.78 is 2.08. The van der Waals surface area contributed by atoms with Gasteiger partial charge in [-0.25, -0.2) is 4.98 Å². The molecule has 0 bridgehead atoms. The van der Waals surface area contributed by atoms with Crippen molar-refractivity contribution in [1.82, 2.24) is 9.66 Å². The number of nitrogens with zero attached hydrogens (tertiary/aromatic N) is 3. The van der Waals surface area contributed by atoms with Gasteiger partial charge in [0.2, 0.25) is 0 Å². The Morgan fingerprint density at radius 1 is 1.27 bits per heavy atom. The van der Waals surface area contributed by atoms with Gasteiger partial charge in [0.1, 0.15) is 5.82 Å². The summed E-state index contributed by atoms with van der Waals surface area (Å²) in [5.41, 5.74) is 0.928. The number of fused-ring (bicyclic) bond motifs is 1. The lowest BCUT2D eigenvalue weighted by atomic mass is 10.2. The van der Waals surface area contributed by atoms with Crippen LogP contribution in [0.1, 0.15) is 24.7 Å². The Kier molecular flexibility index (Phi) is 5.65. The highest BCUT2D eigenvalue weighted by Crippen LogP contribution is 2.32. The van der Waals surface area contributed by atoms with Crippen LogP contribution in [-0.2, 0) is 6.42 Å². The van der Waals surface area contributed by atoms with Gasteiger partial charge in [0.25, 0.3) is 5.56 Å². The van der Waals surface area contributed by atoms with Crippen molar-refractivity contribution in [2.45, 2.75) is 19.8 Å². The molecule has 0 aliphatic heterocycles. The minimum Gasteiger partial charge on any atom is -0.505 e. The fourth-order valence-electron chi connectivity index (χ4n) is 2.48. The van der Waals surface area contributed by atoms with Gasteiger partial charge >= 0.3 is 0 Å². The van der Waals surface area contributed by atoms with E-state index in [1.54, 1.807) is 12.1 Å². The maximum atomic E-state index is 12.9. The van der Waals surface area contributed by atoms with Crippen LogP contribution in [0.3, 0.4) is 0 Å². The van der Waals surface area contributed by atoms with Crippen LogP contribution in [-0.4, -0.2) is 21.0 Å². The summed E-state index contributed by atoms with van der Waals surface area (Å²) in [6.45, 7) is 2.01. The monoisotopic (exact) mass is 453 g/mol. The maximum absolute atomic E-state index is 12.9. The third kappa shape index (κ3) is 3.77. The number of aromatic hydroxyl groups is 1. The average Bonchev–Trinajstić information content (AvgIpc) is 2.60. The minimum absolute atomic E-state index is 0.112. The van der Waals surface area contributed by atoms with Gasteiger partial charge in [0.15, 0.2) is 5.75 Å². The molecule has 1 N–H and O–H groups in total. The molecule has 0 atom stereocenters. The highest BCUT2D eigenvalue weighted by Gasteiger charge is 2.11. The zero-order valence-corrected chi connectivity index (χ0v) is 16.8. The number of phenolic OH excluding ortho intramolecular Hbond substituents is 1. The zero-order valence-electron chi connectivity index (χ0n) is 13.7. The normalized spacial score (nSPS) is 11.5. The van der Waals surface area contributed by atoms with Crippen LogP contribution in [0.2, 0.25) is 10.0 Å². The molecule has 3 rings (SSSR count). The number of hydrogen-bond acceptors (Lipinski definition) is 4. The third-order valence-electron chi connectivity index (χ3n) is 3.71. The van der Waals surface area contributed by atoms with E-state index in [1.165, 1.54) is 23.0 Å². The van der Waals surface area contributed by atoms with Gasteiger partial charge < -0.3 is 5.11 Å². The Hall–Kier alpha value is -1.89. The van der Waals surface area contributed by atoms with E-state index in [-0.39, 0.29) is 21.4 Å². The van der Waals surface area contributed by atoms with Crippen molar-refractivity contribution in [3.63, 3.8) is 0 Å². The van der Waals surface area contributed by atoms with E-state index in [9.17, 15) is 9.90 Å². The Morgan fingerprint density at radius 2 is 1.96 bits per heavy atom. The lowest BCUT2D eigenvalue weighted by molar-refractivity contribution is 0.476. The van der Waals surface area contributed by atoms with E-state index < -0.39 is 0 Å². The molecule has 1 aromatic heterocycles. The van der Waals surface area contributed by atoms with Crippen molar-refractivity contribution < 1.29 is 5.11 Å². The van der Waals surface area contributed by atoms with Gasteiger partial charge in [-0.05, 0) is 42.3 Å². The highest BCUT2D eigenvalue weighted by atomic mass is 79.9. The van der Waals surface area contributed by atoms with Gasteiger partial charge in [-0.1, -0.05) is 46.1 Å². The molecule has 0 saturated carbocycles. The second-order valence-electron chi connectivity index (χ2n) is 5.63. The van der Waals surface area contributed by atoms with E-state index in [0.717, 1.165) is 10.9 Å². The number of aryl methyl sites for hydroxylation is 1. The lowest BCUT2D eigenvalue weighted by Crippen LogP contribution is -2.22. The van der Waals surface area contributed by atoms with Gasteiger partial charge in [-0.2, -0.15) is 9.78 Å². The van der Waals surface area contributed by atoms with E-state index in [2.05, 4.69) is 26.0 Å². The SMILES string of the molecule is CCCc1nc2ccc(Br)cc2c(=O)n1N=Cc1cc(Cl)c(O)c(Cl)c1. The van der Waals surface area contributed by atoms with Crippen molar-refractivity contribution in [2.24, 2.45) is 5.10 Å².